The molecule has 7 nitrogen and oxygen atoms in total. The highest BCUT2D eigenvalue weighted by atomic mass is 32.1. The Morgan fingerprint density at radius 3 is 2.84 bits per heavy atom. The monoisotopic (exact) mass is 361 g/mol. The second-order valence-electron chi connectivity index (χ2n) is 6.30. The van der Waals surface area contributed by atoms with Crippen molar-refractivity contribution >= 4 is 23.2 Å². The summed E-state index contributed by atoms with van der Waals surface area (Å²) >= 11 is 1.45. The number of hydrogen-bond acceptors (Lipinski definition) is 5. The number of rotatable bonds is 6. The molecular weight excluding hydrogens is 338 g/mol. The molecule has 1 aliphatic rings. The van der Waals surface area contributed by atoms with Crippen LogP contribution < -0.4 is 5.32 Å². The Balaban J connectivity index is 1.55. The van der Waals surface area contributed by atoms with Crippen LogP contribution in [0.3, 0.4) is 0 Å². The van der Waals surface area contributed by atoms with Crippen molar-refractivity contribution in [3.05, 3.63) is 22.5 Å². The maximum Gasteiger partial charge on any atom is 0.270 e. The minimum atomic E-state index is -0.172. The molecule has 0 aromatic carbocycles. The molecule has 1 saturated heterocycles. The van der Waals surface area contributed by atoms with E-state index in [1.165, 1.54) is 11.3 Å². The Bertz CT molecular complexity index is 795. The van der Waals surface area contributed by atoms with Crippen molar-refractivity contribution in [3.8, 4) is 10.6 Å². The fourth-order valence-electron chi connectivity index (χ4n) is 3.08. The summed E-state index contributed by atoms with van der Waals surface area (Å²) in [6, 6.07) is 0. The van der Waals surface area contributed by atoms with Crippen molar-refractivity contribution in [2.24, 2.45) is 7.05 Å². The molecular formula is C17H23N5O2S. The molecule has 1 fully saturated rings. The molecule has 8 heteroatoms. The third-order valence-electron chi connectivity index (χ3n) is 4.52. The van der Waals surface area contributed by atoms with Crippen LogP contribution in [-0.4, -0.2) is 51.1 Å². The molecule has 0 radical (unpaired) electrons. The highest BCUT2D eigenvalue weighted by molar-refractivity contribution is 7.13. The van der Waals surface area contributed by atoms with E-state index in [1.807, 2.05) is 30.5 Å². The van der Waals surface area contributed by atoms with Crippen LogP contribution in [0.4, 0.5) is 0 Å². The van der Waals surface area contributed by atoms with Crippen LogP contribution >= 0.6 is 11.3 Å². The second kappa shape index (κ2) is 7.35. The van der Waals surface area contributed by atoms with Crippen LogP contribution in [0.15, 0.2) is 5.38 Å². The molecule has 1 N–H and O–H groups in total. The lowest BCUT2D eigenvalue weighted by Crippen LogP contribution is -2.30. The smallest absolute Gasteiger partial charge is 0.270 e. The van der Waals surface area contributed by atoms with Crippen LogP contribution in [0, 0.1) is 13.8 Å². The minimum absolute atomic E-state index is 0.172. The number of nitrogens with one attached hydrogen (secondary N) is 1. The zero-order valence-corrected chi connectivity index (χ0v) is 15.7. The first kappa shape index (κ1) is 17.6. The molecule has 2 aromatic rings. The van der Waals surface area contributed by atoms with Gasteiger partial charge >= 0.3 is 0 Å². The molecule has 1 aliphatic heterocycles. The maximum absolute atomic E-state index is 12.3. The van der Waals surface area contributed by atoms with Crippen molar-refractivity contribution in [2.75, 3.05) is 19.6 Å². The van der Waals surface area contributed by atoms with Crippen LogP contribution in [-0.2, 0) is 11.8 Å². The lowest BCUT2D eigenvalue weighted by Gasteiger charge is -2.14. The molecule has 25 heavy (non-hydrogen) atoms. The van der Waals surface area contributed by atoms with Crippen molar-refractivity contribution in [1.29, 1.82) is 0 Å². The summed E-state index contributed by atoms with van der Waals surface area (Å²) in [5, 5.41) is 9.87. The van der Waals surface area contributed by atoms with Crippen molar-refractivity contribution in [3.63, 3.8) is 0 Å². The number of likely N-dealkylation sites (tertiary alicyclic amines) is 1. The standard InChI is InChI=1S/C17H23N5O2S/c1-11-15(12(2)21(3)20-11)17-19-13(10-25-17)16(24)18-7-5-9-22-8-4-6-14(22)23/h10H,4-9H2,1-3H3,(H,18,24). The summed E-state index contributed by atoms with van der Waals surface area (Å²) in [6.45, 7) is 6.03. The van der Waals surface area contributed by atoms with E-state index in [1.54, 1.807) is 5.38 Å². The van der Waals surface area contributed by atoms with Gasteiger partial charge in [0, 0.05) is 44.2 Å². The summed E-state index contributed by atoms with van der Waals surface area (Å²) < 4.78 is 1.82. The van der Waals surface area contributed by atoms with Crippen molar-refractivity contribution in [1.82, 2.24) is 25.0 Å². The average molecular weight is 361 g/mol. The first-order valence-corrected chi connectivity index (χ1v) is 9.37. The number of nitrogens with zero attached hydrogens (tertiary/aromatic N) is 4. The summed E-state index contributed by atoms with van der Waals surface area (Å²) in [5.41, 5.74) is 3.38. The van der Waals surface area contributed by atoms with Gasteiger partial charge in [-0.3, -0.25) is 14.3 Å². The number of aryl methyl sites for hydroxylation is 2. The largest absolute Gasteiger partial charge is 0.351 e. The number of aromatic nitrogens is 3. The molecule has 0 spiro atoms. The van der Waals surface area contributed by atoms with E-state index >= 15 is 0 Å². The van der Waals surface area contributed by atoms with E-state index < -0.39 is 0 Å². The van der Waals surface area contributed by atoms with Crippen LogP contribution in [0.5, 0.6) is 0 Å². The predicted molar refractivity (Wildman–Crippen MR) is 96.6 cm³/mol. The van der Waals surface area contributed by atoms with Gasteiger partial charge in [-0.15, -0.1) is 11.3 Å². The lowest BCUT2D eigenvalue weighted by atomic mass is 10.2. The summed E-state index contributed by atoms with van der Waals surface area (Å²) in [5.74, 6) is 0.0483. The molecule has 3 heterocycles. The molecule has 0 atom stereocenters. The Morgan fingerprint density at radius 1 is 1.40 bits per heavy atom. The van der Waals surface area contributed by atoms with Gasteiger partial charge in [0.2, 0.25) is 5.91 Å². The van der Waals surface area contributed by atoms with Gasteiger partial charge in [0.05, 0.1) is 11.3 Å². The Hall–Kier alpha value is -2.22. The lowest BCUT2D eigenvalue weighted by molar-refractivity contribution is -0.127. The van der Waals surface area contributed by atoms with Gasteiger partial charge in [0.25, 0.3) is 5.91 Å². The fourth-order valence-corrected chi connectivity index (χ4v) is 4.03. The Labute approximate surface area is 151 Å². The van der Waals surface area contributed by atoms with Crippen molar-refractivity contribution < 1.29 is 9.59 Å². The number of carbonyl (C=O) groups excluding carboxylic acids is 2. The topological polar surface area (TPSA) is 80.1 Å². The summed E-state index contributed by atoms with van der Waals surface area (Å²) in [6.07, 6.45) is 2.36. The minimum Gasteiger partial charge on any atom is -0.351 e. The van der Waals surface area contributed by atoms with Crippen LogP contribution in [0.2, 0.25) is 0 Å². The predicted octanol–water partition coefficient (Wildman–Crippen LogP) is 1.90. The van der Waals surface area contributed by atoms with E-state index in [2.05, 4.69) is 15.4 Å². The van der Waals surface area contributed by atoms with Gasteiger partial charge in [-0.1, -0.05) is 0 Å². The van der Waals surface area contributed by atoms with Gasteiger partial charge in [-0.2, -0.15) is 5.10 Å². The average Bonchev–Trinajstić information content (AvgIpc) is 3.26. The number of carbonyl (C=O) groups is 2. The molecule has 2 amide bonds. The van der Waals surface area contributed by atoms with E-state index in [9.17, 15) is 9.59 Å². The summed E-state index contributed by atoms with van der Waals surface area (Å²) in [7, 11) is 1.90. The molecule has 0 saturated carbocycles. The third kappa shape index (κ3) is 3.73. The van der Waals surface area contributed by atoms with E-state index in [0.29, 0.717) is 25.2 Å². The first-order valence-electron chi connectivity index (χ1n) is 8.49. The molecule has 0 aliphatic carbocycles. The van der Waals surface area contributed by atoms with Gasteiger partial charge in [-0.05, 0) is 26.7 Å². The highest BCUT2D eigenvalue weighted by Gasteiger charge is 2.20. The Kier molecular flexibility index (Phi) is 5.17. The number of hydrogen-bond donors (Lipinski definition) is 1. The van der Waals surface area contributed by atoms with E-state index in [0.717, 1.165) is 41.3 Å². The first-order chi connectivity index (χ1) is 12.0. The quantitative estimate of drug-likeness (QED) is 0.797. The van der Waals surface area contributed by atoms with Crippen molar-refractivity contribution in [2.45, 2.75) is 33.1 Å². The van der Waals surface area contributed by atoms with E-state index in [4.69, 9.17) is 0 Å². The molecule has 0 bridgehead atoms. The van der Waals surface area contributed by atoms with Gasteiger partial charge in [-0.25, -0.2) is 4.98 Å². The van der Waals surface area contributed by atoms with Crippen LogP contribution in [0.25, 0.3) is 10.6 Å². The highest BCUT2D eigenvalue weighted by Crippen LogP contribution is 2.29. The normalized spacial score (nSPS) is 14.4. The van der Waals surface area contributed by atoms with Gasteiger partial charge in [0.15, 0.2) is 0 Å². The molecule has 3 rings (SSSR count). The zero-order valence-electron chi connectivity index (χ0n) is 14.8. The van der Waals surface area contributed by atoms with Crippen LogP contribution in [0.1, 0.15) is 41.1 Å². The van der Waals surface area contributed by atoms with Gasteiger partial charge in [0.1, 0.15) is 10.7 Å². The van der Waals surface area contributed by atoms with E-state index in [-0.39, 0.29) is 11.8 Å². The molecule has 134 valence electrons. The summed E-state index contributed by atoms with van der Waals surface area (Å²) in [4.78, 5) is 30.1. The number of thiazole rings is 1. The second-order valence-corrected chi connectivity index (χ2v) is 7.16. The molecule has 0 unspecified atom stereocenters. The van der Waals surface area contributed by atoms with Gasteiger partial charge < -0.3 is 10.2 Å². The fraction of sp³-hybridized carbons (Fsp3) is 0.529. The number of amides is 2. The SMILES string of the molecule is Cc1nn(C)c(C)c1-c1nc(C(=O)NCCCN2CCCC2=O)cs1. The zero-order chi connectivity index (χ0) is 18.0. The Morgan fingerprint density at radius 2 is 2.20 bits per heavy atom. The molecule has 2 aromatic heterocycles. The third-order valence-corrected chi connectivity index (χ3v) is 5.38. The maximum atomic E-state index is 12.3.